The summed E-state index contributed by atoms with van der Waals surface area (Å²) in [6.07, 6.45) is 0. The fourth-order valence-corrected chi connectivity index (χ4v) is 2.13. The Morgan fingerprint density at radius 3 is 2.26 bits per heavy atom. The number of hydrogen-bond donors (Lipinski definition) is 1. The van der Waals surface area contributed by atoms with Gasteiger partial charge in [-0.25, -0.2) is 4.39 Å². The quantitative estimate of drug-likeness (QED) is 0.849. The van der Waals surface area contributed by atoms with Crippen LogP contribution >= 0.6 is 11.6 Å². The van der Waals surface area contributed by atoms with Crippen LogP contribution in [0, 0.1) is 5.82 Å². The molecule has 19 heavy (non-hydrogen) atoms. The Morgan fingerprint density at radius 1 is 1.21 bits per heavy atom. The topological polar surface area (TPSA) is 44.5 Å². The van der Waals surface area contributed by atoms with Crippen molar-refractivity contribution in [3.05, 3.63) is 34.6 Å². The lowest BCUT2D eigenvalue weighted by molar-refractivity contribution is 0.00578. The van der Waals surface area contributed by atoms with Gasteiger partial charge in [-0.3, -0.25) is 0 Å². The van der Waals surface area contributed by atoms with Gasteiger partial charge in [-0.15, -0.1) is 0 Å². The first kappa shape index (κ1) is 14.8. The van der Waals surface area contributed by atoms with E-state index < -0.39 is 30.1 Å². The fraction of sp³-hybridized carbons (Fsp3) is 0.538. The van der Waals surface area contributed by atoms with Crippen molar-refractivity contribution in [2.24, 2.45) is 5.73 Å². The average molecular weight is 286 g/mol. The van der Waals surface area contributed by atoms with Crippen molar-refractivity contribution in [2.75, 3.05) is 0 Å². The van der Waals surface area contributed by atoms with Crippen molar-refractivity contribution in [3.8, 4) is 0 Å². The van der Waals surface area contributed by atoms with Crippen LogP contribution in [0.1, 0.15) is 39.2 Å². The lowest BCUT2D eigenvalue weighted by Gasteiger charge is -2.32. The maximum atomic E-state index is 13.8. The molecular formula is C13H18BClFNO2. The molecule has 1 aliphatic heterocycles. The number of hydrogen-bond acceptors (Lipinski definition) is 3. The third-order valence-electron chi connectivity index (χ3n) is 3.88. The molecule has 0 radical (unpaired) electrons. The van der Waals surface area contributed by atoms with Crippen LogP contribution < -0.4 is 5.73 Å². The normalized spacial score (nSPS) is 22.6. The van der Waals surface area contributed by atoms with E-state index in [1.54, 1.807) is 0 Å². The molecule has 0 aromatic heterocycles. The second-order valence-corrected chi connectivity index (χ2v) is 6.25. The van der Waals surface area contributed by atoms with Crippen molar-refractivity contribution in [1.82, 2.24) is 0 Å². The van der Waals surface area contributed by atoms with E-state index in [4.69, 9.17) is 26.6 Å². The molecule has 2 N–H and O–H groups in total. The summed E-state index contributed by atoms with van der Waals surface area (Å²) in [7, 11) is -0.696. The maximum absolute atomic E-state index is 13.8. The molecule has 0 unspecified atom stereocenters. The smallest absolute Gasteiger partial charge is 0.402 e. The Kier molecular flexibility index (Phi) is 3.69. The van der Waals surface area contributed by atoms with Crippen LogP contribution in [0.15, 0.2) is 18.2 Å². The molecule has 0 saturated carbocycles. The number of halogens is 2. The molecule has 104 valence electrons. The molecule has 3 nitrogen and oxygen atoms in total. The predicted molar refractivity (Wildman–Crippen MR) is 74.4 cm³/mol. The zero-order valence-corrected chi connectivity index (χ0v) is 12.3. The molecule has 1 heterocycles. The minimum Gasteiger partial charge on any atom is -0.402 e. The van der Waals surface area contributed by atoms with Crippen molar-refractivity contribution in [3.63, 3.8) is 0 Å². The predicted octanol–water partition coefficient (Wildman–Crippen LogP) is 3.11. The lowest BCUT2D eigenvalue weighted by atomic mass is 9.74. The largest absolute Gasteiger partial charge is 0.480 e. The van der Waals surface area contributed by atoms with Gasteiger partial charge >= 0.3 is 7.12 Å². The number of nitrogens with two attached hydrogens (primary N) is 1. The highest BCUT2D eigenvalue weighted by atomic mass is 35.5. The van der Waals surface area contributed by atoms with E-state index in [0.29, 0.717) is 10.6 Å². The van der Waals surface area contributed by atoms with Crippen LogP contribution in [0.25, 0.3) is 0 Å². The van der Waals surface area contributed by atoms with Gasteiger partial charge in [0, 0.05) is 10.6 Å². The molecule has 0 bridgehead atoms. The van der Waals surface area contributed by atoms with Crippen LogP contribution in [0.2, 0.25) is 5.02 Å². The summed E-state index contributed by atoms with van der Waals surface area (Å²) >= 11 is 5.88. The average Bonchev–Trinajstić information content (AvgIpc) is 2.51. The van der Waals surface area contributed by atoms with Gasteiger partial charge in [0.05, 0.1) is 17.1 Å². The van der Waals surface area contributed by atoms with Crippen LogP contribution in [-0.4, -0.2) is 18.3 Å². The van der Waals surface area contributed by atoms with Crippen LogP contribution in [0.5, 0.6) is 0 Å². The van der Waals surface area contributed by atoms with E-state index in [0.717, 1.165) is 0 Å². The van der Waals surface area contributed by atoms with E-state index in [1.165, 1.54) is 18.2 Å². The molecule has 0 spiro atoms. The van der Waals surface area contributed by atoms with E-state index in [-0.39, 0.29) is 0 Å². The number of rotatable bonds is 2. The molecule has 1 aromatic rings. The van der Waals surface area contributed by atoms with E-state index in [9.17, 15) is 4.39 Å². The Labute approximate surface area is 118 Å². The molecule has 1 atom stereocenters. The van der Waals surface area contributed by atoms with Gasteiger partial charge in [0.25, 0.3) is 0 Å². The monoisotopic (exact) mass is 285 g/mol. The third kappa shape index (κ3) is 2.65. The Hall–Kier alpha value is -0.615. The molecule has 1 aliphatic rings. The highest BCUT2D eigenvalue weighted by Crippen LogP contribution is 2.40. The zero-order chi connectivity index (χ0) is 14.4. The second-order valence-electron chi connectivity index (χ2n) is 5.82. The number of benzene rings is 1. The van der Waals surface area contributed by atoms with Gasteiger partial charge < -0.3 is 15.0 Å². The van der Waals surface area contributed by atoms with Gasteiger partial charge in [-0.1, -0.05) is 11.6 Å². The summed E-state index contributed by atoms with van der Waals surface area (Å²) in [5.41, 5.74) is 5.37. The molecule has 1 fully saturated rings. The van der Waals surface area contributed by atoms with Crippen molar-refractivity contribution >= 4 is 18.7 Å². The summed E-state index contributed by atoms with van der Waals surface area (Å²) in [4.78, 5) is 0. The van der Waals surface area contributed by atoms with Gasteiger partial charge in [0.15, 0.2) is 0 Å². The molecular weight excluding hydrogens is 267 g/mol. The zero-order valence-electron chi connectivity index (χ0n) is 11.5. The lowest BCUT2D eigenvalue weighted by Crippen LogP contribution is -2.41. The maximum Gasteiger partial charge on any atom is 0.480 e. The summed E-state index contributed by atoms with van der Waals surface area (Å²) in [6, 6.07) is 4.28. The summed E-state index contributed by atoms with van der Waals surface area (Å²) in [6.45, 7) is 7.70. The molecule has 2 rings (SSSR count). The molecule has 1 saturated heterocycles. The molecule has 0 aliphatic carbocycles. The fourth-order valence-electron chi connectivity index (χ4n) is 1.95. The second kappa shape index (κ2) is 4.74. The molecule has 1 aromatic carbocycles. The standard InChI is InChI=1S/C13H18BClFNO2/c1-12(2)13(3,4)19-14(18-12)11(17)9-7-8(15)5-6-10(9)16/h5-7,11H,17H2,1-4H3/t11-/m0/s1. The first-order valence-corrected chi connectivity index (χ1v) is 6.58. The van der Waals surface area contributed by atoms with E-state index in [1.807, 2.05) is 27.7 Å². The Morgan fingerprint density at radius 2 is 1.74 bits per heavy atom. The summed E-state index contributed by atoms with van der Waals surface area (Å²) in [5, 5.41) is 0.434. The van der Waals surface area contributed by atoms with Crippen LogP contribution in [-0.2, 0) is 9.31 Å². The van der Waals surface area contributed by atoms with Gasteiger partial charge in [-0.2, -0.15) is 0 Å². The first-order chi connectivity index (χ1) is 8.64. The van der Waals surface area contributed by atoms with Gasteiger partial charge in [0.1, 0.15) is 5.82 Å². The first-order valence-electron chi connectivity index (χ1n) is 6.20. The van der Waals surface area contributed by atoms with Crippen LogP contribution in [0.4, 0.5) is 4.39 Å². The minimum atomic E-state index is -0.722. The van der Waals surface area contributed by atoms with Gasteiger partial charge in [0.2, 0.25) is 0 Å². The minimum absolute atomic E-state index is 0.297. The molecule has 6 heteroatoms. The highest BCUT2D eigenvalue weighted by Gasteiger charge is 2.53. The van der Waals surface area contributed by atoms with Crippen LogP contribution in [0.3, 0.4) is 0 Å². The van der Waals surface area contributed by atoms with Crippen molar-refractivity contribution in [2.45, 2.75) is 44.8 Å². The SMILES string of the molecule is CC1(C)OB([C@@H](N)c2cc(Cl)ccc2F)OC1(C)C. The Balaban J connectivity index is 2.27. The van der Waals surface area contributed by atoms with E-state index >= 15 is 0 Å². The van der Waals surface area contributed by atoms with Crippen molar-refractivity contribution in [1.29, 1.82) is 0 Å². The molecule has 0 amide bonds. The van der Waals surface area contributed by atoms with Gasteiger partial charge in [-0.05, 0) is 45.9 Å². The summed E-state index contributed by atoms with van der Waals surface area (Å²) in [5.74, 6) is -1.13. The highest BCUT2D eigenvalue weighted by molar-refractivity contribution is 6.47. The van der Waals surface area contributed by atoms with E-state index in [2.05, 4.69) is 0 Å². The third-order valence-corrected chi connectivity index (χ3v) is 4.12. The van der Waals surface area contributed by atoms with Crippen molar-refractivity contribution < 1.29 is 13.7 Å². The summed E-state index contributed by atoms with van der Waals surface area (Å²) < 4.78 is 25.4. The Bertz CT molecular complexity index is 480.